The number of allylic oxidation sites excluding steroid dienone is 2. The maximum absolute atomic E-state index is 12.7. The monoisotopic (exact) mass is 368 g/mol. The van der Waals surface area contributed by atoms with Crippen molar-refractivity contribution >= 4 is 40.4 Å². The molecule has 1 atom stereocenters. The fourth-order valence-electron chi connectivity index (χ4n) is 2.89. The molecule has 130 valence electrons. The van der Waals surface area contributed by atoms with E-state index in [9.17, 15) is 14.4 Å². The van der Waals surface area contributed by atoms with Gasteiger partial charge in [-0.05, 0) is 25.1 Å². The first-order valence-corrected chi connectivity index (χ1v) is 8.30. The molecule has 2 N–H and O–H groups in total. The Morgan fingerprint density at radius 3 is 2.46 bits per heavy atom. The van der Waals surface area contributed by atoms with Crippen LogP contribution in [0.3, 0.4) is 0 Å². The number of amides is 1. The molecule has 0 fully saturated rings. The number of ether oxygens (including phenoxy) is 1. The minimum atomic E-state index is -0.576. The zero-order chi connectivity index (χ0) is 18.4. The highest BCUT2D eigenvalue weighted by Crippen LogP contribution is 2.34. The zero-order valence-electron chi connectivity index (χ0n) is 13.6. The quantitative estimate of drug-likeness (QED) is 0.849. The van der Waals surface area contributed by atoms with Crippen LogP contribution in [0.25, 0.3) is 0 Å². The van der Waals surface area contributed by atoms with Crippen molar-refractivity contribution in [3.8, 4) is 5.75 Å². The van der Waals surface area contributed by atoms with Crippen molar-refractivity contribution in [3.63, 3.8) is 0 Å². The highest BCUT2D eigenvalue weighted by atomic mass is 35.5. The number of hydrogen-bond donors (Lipinski definition) is 2. The van der Waals surface area contributed by atoms with Gasteiger partial charge in [0.1, 0.15) is 16.5 Å². The van der Waals surface area contributed by atoms with Crippen LogP contribution >= 0.6 is 11.6 Å². The van der Waals surface area contributed by atoms with Gasteiger partial charge in [-0.15, -0.1) is 0 Å². The molecule has 1 aliphatic heterocycles. The third-order valence-corrected chi connectivity index (χ3v) is 4.60. The highest BCUT2D eigenvalue weighted by Gasteiger charge is 2.31. The molecule has 26 heavy (non-hydrogen) atoms. The minimum Gasteiger partial charge on any atom is -0.479 e. The lowest BCUT2D eigenvalue weighted by Crippen LogP contribution is -2.34. The van der Waals surface area contributed by atoms with Crippen molar-refractivity contribution < 1.29 is 19.1 Å². The number of carbonyl (C=O) groups is 3. The lowest BCUT2D eigenvalue weighted by Gasteiger charge is -2.24. The lowest BCUT2D eigenvalue weighted by atomic mass is 9.92. The number of benzene rings is 2. The van der Waals surface area contributed by atoms with Gasteiger partial charge in [-0.3, -0.25) is 14.4 Å². The number of nitrogens with one attached hydrogen (secondary N) is 2. The third-order valence-electron chi connectivity index (χ3n) is 4.24. The summed E-state index contributed by atoms with van der Waals surface area (Å²) in [4.78, 5) is 36.9. The van der Waals surface area contributed by atoms with E-state index in [4.69, 9.17) is 16.3 Å². The standard InChI is InChI=1S/C19H13ClN2O4/c1-9-19(25)22-13-8-10(6-7-14(13)26-9)21-16-15(20)17(23)11-4-2-3-5-12(11)18(16)24/h2-9,21H,1H3,(H,22,25)/t9-/m0/s1. The van der Waals surface area contributed by atoms with Gasteiger partial charge >= 0.3 is 0 Å². The number of ketones is 2. The molecule has 2 aromatic carbocycles. The van der Waals surface area contributed by atoms with Crippen molar-refractivity contribution in [3.05, 3.63) is 64.3 Å². The van der Waals surface area contributed by atoms with Gasteiger partial charge in [0.15, 0.2) is 6.10 Å². The van der Waals surface area contributed by atoms with Gasteiger partial charge in [0.2, 0.25) is 11.6 Å². The summed E-state index contributed by atoms with van der Waals surface area (Å²) in [7, 11) is 0. The number of hydrogen-bond acceptors (Lipinski definition) is 5. The molecule has 2 aromatic rings. The van der Waals surface area contributed by atoms with Crippen LogP contribution < -0.4 is 15.4 Å². The van der Waals surface area contributed by atoms with Gasteiger partial charge in [0, 0.05) is 16.8 Å². The summed E-state index contributed by atoms with van der Waals surface area (Å²) in [5.41, 5.74) is 1.56. The molecule has 0 spiro atoms. The number of carbonyl (C=O) groups excluding carboxylic acids is 3. The Hall–Kier alpha value is -3.12. The molecule has 1 amide bonds. The van der Waals surface area contributed by atoms with E-state index in [0.717, 1.165) is 0 Å². The van der Waals surface area contributed by atoms with E-state index >= 15 is 0 Å². The van der Waals surface area contributed by atoms with Gasteiger partial charge in [0.25, 0.3) is 5.91 Å². The van der Waals surface area contributed by atoms with Crippen LogP contribution in [-0.4, -0.2) is 23.6 Å². The van der Waals surface area contributed by atoms with Gasteiger partial charge in [-0.2, -0.15) is 0 Å². The molecule has 1 aliphatic carbocycles. The minimum absolute atomic E-state index is 0.00624. The van der Waals surface area contributed by atoms with E-state index in [1.54, 1.807) is 49.4 Å². The molecule has 0 unspecified atom stereocenters. The lowest BCUT2D eigenvalue weighted by molar-refractivity contribution is -0.122. The van der Waals surface area contributed by atoms with Crippen LogP contribution in [0, 0.1) is 0 Å². The van der Waals surface area contributed by atoms with Crippen LogP contribution in [0.15, 0.2) is 53.2 Å². The molecule has 4 rings (SSSR count). The van der Waals surface area contributed by atoms with Crippen molar-refractivity contribution in [2.45, 2.75) is 13.0 Å². The van der Waals surface area contributed by atoms with E-state index in [0.29, 0.717) is 22.7 Å². The second-order valence-electron chi connectivity index (χ2n) is 5.98. The molecule has 0 radical (unpaired) electrons. The summed E-state index contributed by atoms with van der Waals surface area (Å²) in [6.07, 6.45) is -0.576. The van der Waals surface area contributed by atoms with Crippen LogP contribution in [0.1, 0.15) is 27.6 Å². The summed E-state index contributed by atoms with van der Waals surface area (Å²) in [5.74, 6) is -0.506. The maximum Gasteiger partial charge on any atom is 0.265 e. The van der Waals surface area contributed by atoms with Crippen LogP contribution in [0.5, 0.6) is 5.75 Å². The fourth-order valence-corrected chi connectivity index (χ4v) is 3.12. The molecule has 0 bridgehead atoms. The summed E-state index contributed by atoms with van der Waals surface area (Å²) in [6, 6.07) is 11.5. The second-order valence-corrected chi connectivity index (χ2v) is 6.36. The average molecular weight is 369 g/mol. The van der Waals surface area contributed by atoms with Gasteiger partial charge in [-0.1, -0.05) is 35.9 Å². The van der Waals surface area contributed by atoms with Gasteiger partial charge < -0.3 is 15.4 Å². The topological polar surface area (TPSA) is 84.5 Å². The summed E-state index contributed by atoms with van der Waals surface area (Å²) >= 11 is 6.14. The SMILES string of the molecule is C[C@@H]1Oc2ccc(NC3=C(Cl)C(=O)c4ccccc4C3=O)cc2NC1=O. The molecule has 1 heterocycles. The van der Waals surface area contributed by atoms with E-state index in [1.165, 1.54) is 0 Å². The number of halogens is 1. The molecule has 2 aliphatic rings. The summed E-state index contributed by atoms with van der Waals surface area (Å²) in [5, 5.41) is 5.46. The van der Waals surface area contributed by atoms with Crippen LogP contribution in [0.4, 0.5) is 11.4 Å². The van der Waals surface area contributed by atoms with Gasteiger partial charge in [0.05, 0.1) is 5.69 Å². The van der Waals surface area contributed by atoms with E-state index in [1.807, 2.05) is 0 Å². The Morgan fingerprint density at radius 1 is 1.04 bits per heavy atom. The van der Waals surface area contributed by atoms with Crippen LogP contribution in [-0.2, 0) is 4.79 Å². The maximum atomic E-state index is 12.7. The predicted molar refractivity (Wildman–Crippen MR) is 96.8 cm³/mol. The Labute approximate surface area is 153 Å². The molecule has 7 heteroatoms. The fraction of sp³-hybridized carbons (Fsp3) is 0.105. The van der Waals surface area contributed by atoms with Crippen molar-refractivity contribution in [2.24, 2.45) is 0 Å². The van der Waals surface area contributed by atoms with Gasteiger partial charge in [-0.25, -0.2) is 0 Å². The Balaban J connectivity index is 1.69. The first-order chi connectivity index (χ1) is 12.5. The molecule has 6 nitrogen and oxygen atoms in total. The summed E-state index contributed by atoms with van der Waals surface area (Å²) in [6.45, 7) is 1.65. The van der Waals surface area contributed by atoms with Crippen molar-refractivity contribution in [1.82, 2.24) is 0 Å². The average Bonchev–Trinajstić information content (AvgIpc) is 2.64. The molecular weight excluding hydrogens is 356 g/mol. The van der Waals surface area contributed by atoms with Crippen molar-refractivity contribution in [1.29, 1.82) is 0 Å². The highest BCUT2D eigenvalue weighted by molar-refractivity contribution is 6.50. The number of fused-ring (bicyclic) bond motifs is 2. The Kier molecular flexibility index (Phi) is 3.77. The Bertz CT molecular complexity index is 1010. The third kappa shape index (κ3) is 2.55. The molecular formula is C19H13ClN2O4. The Morgan fingerprint density at radius 2 is 1.73 bits per heavy atom. The first-order valence-electron chi connectivity index (χ1n) is 7.92. The molecule has 0 saturated carbocycles. The second kappa shape index (κ2) is 6.00. The normalized spacial score (nSPS) is 18.7. The van der Waals surface area contributed by atoms with Crippen LogP contribution in [0.2, 0.25) is 0 Å². The number of rotatable bonds is 2. The van der Waals surface area contributed by atoms with E-state index in [2.05, 4.69) is 10.6 Å². The summed E-state index contributed by atoms with van der Waals surface area (Å²) < 4.78 is 5.50. The molecule has 0 saturated heterocycles. The molecule has 0 aromatic heterocycles. The largest absolute Gasteiger partial charge is 0.479 e. The smallest absolute Gasteiger partial charge is 0.265 e. The first kappa shape index (κ1) is 16.4. The van der Waals surface area contributed by atoms with E-state index < -0.39 is 11.9 Å². The zero-order valence-corrected chi connectivity index (χ0v) is 14.4. The van der Waals surface area contributed by atoms with E-state index in [-0.39, 0.29) is 28.0 Å². The van der Waals surface area contributed by atoms with Crippen molar-refractivity contribution in [2.75, 3.05) is 10.6 Å². The predicted octanol–water partition coefficient (Wildman–Crippen LogP) is 3.35. The number of Topliss-reactive ketones (excluding diaryl/α,β-unsaturated/α-hetero) is 2. The number of anilines is 2.